The predicted octanol–water partition coefficient (Wildman–Crippen LogP) is 0.998. The highest BCUT2D eigenvalue weighted by molar-refractivity contribution is 7.66. The first-order chi connectivity index (χ1) is 17.0. The van der Waals surface area contributed by atoms with Crippen LogP contribution in [0.3, 0.4) is 0 Å². The molecule has 37 heavy (non-hydrogen) atoms. The molecule has 0 saturated carbocycles. The van der Waals surface area contributed by atoms with E-state index in [1.165, 1.54) is 23.2 Å². The second-order valence-corrected chi connectivity index (χ2v) is 12.2. The van der Waals surface area contributed by atoms with Crippen LogP contribution < -0.4 is 5.73 Å². The van der Waals surface area contributed by atoms with Crippen LogP contribution in [0.1, 0.15) is 13.2 Å². The van der Waals surface area contributed by atoms with Gasteiger partial charge in [-0.1, -0.05) is 0 Å². The number of rotatable bonds is 9. The first-order valence-corrected chi connectivity index (χ1v) is 14.3. The Morgan fingerprint density at radius 1 is 1.16 bits per heavy atom. The molecule has 4 heterocycles. The monoisotopic (exact) mass is 589 g/mol. The summed E-state index contributed by atoms with van der Waals surface area (Å²) >= 11 is 0. The normalized spacial score (nSPS) is 27.8. The maximum Gasteiger partial charge on any atom is 0.490 e. The summed E-state index contributed by atoms with van der Waals surface area (Å²) in [6, 6.07) is 0. The Kier molecular flexibility index (Phi) is 7.22. The molecule has 1 aliphatic heterocycles. The standard InChI is InChI=1S/C15H19FN5O13P3/c1-15(16)10(22)8(5-31-36(26,27)34-37(28,29)33-35(23,24)25)32-14(15)21-4-7(13-18-2-3-30-13)9-11(17)19-6-20-12(9)21/h2-4,6,8,10,14,22H,5H2,1H3,(H,26,27)(H,28,29)(H2,17,19,20)(H2,23,24,25)/t8-,10-,14-,15+/m1/s1. The molecule has 0 spiro atoms. The first-order valence-electron chi connectivity index (χ1n) is 9.82. The summed E-state index contributed by atoms with van der Waals surface area (Å²) in [5.74, 6) is 0.0915. The molecule has 3 aromatic heterocycles. The Morgan fingerprint density at radius 2 is 1.86 bits per heavy atom. The Labute approximate surface area is 205 Å². The summed E-state index contributed by atoms with van der Waals surface area (Å²) in [7, 11) is -16.9. The van der Waals surface area contributed by atoms with Gasteiger partial charge < -0.3 is 44.1 Å². The molecule has 0 amide bonds. The number of nitrogens with two attached hydrogens (primary N) is 1. The van der Waals surface area contributed by atoms with E-state index < -0.39 is 54.2 Å². The van der Waals surface area contributed by atoms with Gasteiger partial charge in [0, 0.05) is 6.20 Å². The fourth-order valence-electron chi connectivity index (χ4n) is 3.63. The summed E-state index contributed by atoms with van der Waals surface area (Å²) in [4.78, 5) is 48.0. The highest BCUT2D eigenvalue weighted by Crippen LogP contribution is 2.66. The Morgan fingerprint density at radius 3 is 2.49 bits per heavy atom. The van der Waals surface area contributed by atoms with Gasteiger partial charge in [0.15, 0.2) is 11.9 Å². The molecule has 0 radical (unpaired) electrons. The number of alkyl halides is 1. The van der Waals surface area contributed by atoms with Crippen molar-refractivity contribution in [3.05, 3.63) is 25.0 Å². The van der Waals surface area contributed by atoms with Crippen LogP contribution in [0.5, 0.6) is 0 Å². The van der Waals surface area contributed by atoms with E-state index in [1.54, 1.807) is 0 Å². The van der Waals surface area contributed by atoms with E-state index in [0.29, 0.717) is 0 Å². The Balaban J connectivity index is 1.59. The maximum atomic E-state index is 15.7. The maximum absolute atomic E-state index is 15.7. The number of aliphatic hydroxyl groups excluding tert-OH is 1. The lowest BCUT2D eigenvalue weighted by Crippen LogP contribution is -2.40. The SMILES string of the molecule is C[C@]1(F)[C@H](O)[C@@H](COP(=O)(O)OP(=O)(O)OP(=O)(O)O)O[C@H]1n1cc(-c2ncco2)c2c(N)ncnc21. The number of oxazole rings is 1. The molecule has 2 unspecified atom stereocenters. The molecule has 1 fully saturated rings. The van der Waals surface area contributed by atoms with Crippen molar-refractivity contribution in [3.8, 4) is 11.5 Å². The topological polar surface area (TPSA) is 272 Å². The van der Waals surface area contributed by atoms with Crippen molar-refractivity contribution in [1.29, 1.82) is 0 Å². The summed E-state index contributed by atoms with van der Waals surface area (Å²) in [6.45, 7) is -0.113. The average Bonchev–Trinajstić information content (AvgIpc) is 3.43. The molecule has 3 aromatic rings. The van der Waals surface area contributed by atoms with Crippen LogP contribution in [-0.4, -0.2) is 68.7 Å². The van der Waals surface area contributed by atoms with Gasteiger partial charge in [-0.2, -0.15) is 8.62 Å². The van der Waals surface area contributed by atoms with Gasteiger partial charge in [-0.05, 0) is 6.92 Å². The minimum Gasteiger partial charge on any atom is -0.444 e. The number of anilines is 1. The number of aromatic nitrogens is 4. The van der Waals surface area contributed by atoms with Crippen LogP contribution in [0.2, 0.25) is 0 Å². The highest BCUT2D eigenvalue weighted by Gasteiger charge is 2.56. The van der Waals surface area contributed by atoms with Crippen molar-refractivity contribution in [2.45, 2.75) is 31.0 Å². The third kappa shape index (κ3) is 5.83. The molecule has 1 saturated heterocycles. The summed E-state index contributed by atoms with van der Waals surface area (Å²) < 4.78 is 73.6. The number of hydrogen-bond acceptors (Lipinski definition) is 13. The van der Waals surface area contributed by atoms with Crippen molar-refractivity contribution in [1.82, 2.24) is 19.5 Å². The minimum atomic E-state index is -5.77. The van der Waals surface area contributed by atoms with Gasteiger partial charge in [0.2, 0.25) is 5.89 Å². The van der Waals surface area contributed by atoms with Crippen molar-refractivity contribution in [3.63, 3.8) is 0 Å². The highest BCUT2D eigenvalue weighted by atomic mass is 31.3. The summed E-state index contributed by atoms with van der Waals surface area (Å²) in [5, 5.41) is 10.8. The Hall–Kier alpha value is -2.11. The van der Waals surface area contributed by atoms with E-state index in [0.717, 1.165) is 13.3 Å². The second kappa shape index (κ2) is 9.57. The first kappa shape index (κ1) is 27.9. The molecule has 0 bridgehead atoms. The number of phosphoric acid groups is 3. The number of nitrogen functional groups attached to an aromatic ring is 1. The van der Waals surface area contributed by atoms with Crippen LogP contribution in [0, 0.1) is 0 Å². The van der Waals surface area contributed by atoms with E-state index in [2.05, 4.69) is 28.1 Å². The quantitative estimate of drug-likeness (QED) is 0.190. The summed E-state index contributed by atoms with van der Waals surface area (Å²) in [5.41, 5.74) is 3.72. The molecular weight excluding hydrogens is 570 g/mol. The molecule has 0 aromatic carbocycles. The van der Waals surface area contributed by atoms with Crippen molar-refractivity contribution < 1.29 is 65.1 Å². The van der Waals surface area contributed by atoms with Gasteiger partial charge in [-0.25, -0.2) is 33.0 Å². The molecule has 18 nitrogen and oxygen atoms in total. The van der Waals surface area contributed by atoms with Gasteiger partial charge in [0.05, 0.1) is 23.8 Å². The average molecular weight is 589 g/mol. The molecule has 204 valence electrons. The lowest BCUT2D eigenvalue weighted by molar-refractivity contribution is -0.0557. The molecule has 0 aliphatic carbocycles. The molecule has 22 heteroatoms. The molecule has 1 aliphatic rings. The lowest BCUT2D eigenvalue weighted by atomic mass is 9.98. The zero-order valence-electron chi connectivity index (χ0n) is 18.3. The Bertz CT molecular complexity index is 1440. The van der Waals surface area contributed by atoms with Crippen LogP contribution in [0.15, 0.2) is 29.4 Å². The van der Waals surface area contributed by atoms with Gasteiger partial charge in [0.1, 0.15) is 36.3 Å². The van der Waals surface area contributed by atoms with E-state index in [-0.39, 0.29) is 28.3 Å². The number of ether oxygens (including phenoxy) is 1. The molecule has 4 rings (SSSR count). The van der Waals surface area contributed by atoms with Gasteiger partial charge in [-0.3, -0.25) is 4.52 Å². The van der Waals surface area contributed by atoms with Crippen molar-refractivity contribution >= 4 is 40.3 Å². The number of hydrogen-bond donors (Lipinski definition) is 6. The molecular formula is C15H19FN5O13P3. The zero-order valence-corrected chi connectivity index (χ0v) is 21.0. The van der Waals surface area contributed by atoms with Crippen LogP contribution in [0.4, 0.5) is 10.2 Å². The summed E-state index contributed by atoms with van der Waals surface area (Å²) in [6.07, 6.45) is -0.211. The number of phosphoric ester groups is 1. The second-order valence-electron chi connectivity index (χ2n) is 7.75. The number of aliphatic hydroxyl groups is 1. The van der Waals surface area contributed by atoms with Crippen LogP contribution in [0.25, 0.3) is 22.5 Å². The fraction of sp³-hybridized carbons (Fsp3) is 0.400. The van der Waals surface area contributed by atoms with Crippen molar-refractivity contribution in [2.75, 3.05) is 12.3 Å². The minimum absolute atomic E-state index is 0.000246. The van der Waals surface area contributed by atoms with Crippen LogP contribution >= 0.6 is 23.5 Å². The van der Waals surface area contributed by atoms with Gasteiger partial charge in [0.25, 0.3) is 0 Å². The zero-order chi connectivity index (χ0) is 27.4. The molecule has 6 atom stereocenters. The van der Waals surface area contributed by atoms with E-state index >= 15 is 4.39 Å². The third-order valence-electron chi connectivity index (χ3n) is 5.09. The number of nitrogens with zero attached hydrogens (tertiary/aromatic N) is 4. The van der Waals surface area contributed by atoms with Gasteiger partial charge in [-0.15, -0.1) is 0 Å². The van der Waals surface area contributed by atoms with Gasteiger partial charge >= 0.3 is 23.5 Å². The fourth-order valence-corrected chi connectivity index (χ4v) is 6.66. The predicted molar refractivity (Wildman–Crippen MR) is 117 cm³/mol. The number of halogens is 1. The van der Waals surface area contributed by atoms with E-state index in [9.17, 15) is 28.6 Å². The smallest absolute Gasteiger partial charge is 0.444 e. The van der Waals surface area contributed by atoms with Crippen LogP contribution in [-0.2, 0) is 31.6 Å². The third-order valence-corrected chi connectivity index (χ3v) is 8.89. The number of fused-ring (bicyclic) bond motifs is 1. The molecule has 7 N–H and O–H groups in total. The van der Waals surface area contributed by atoms with E-state index in [1.807, 2.05) is 0 Å². The van der Waals surface area contributed by atoms with E-state index in [4.69, 9.17) is 24.7 Å². The largest absolute Gasteiger partial charge is 0.490 e. The lowest BCUT2D eigenvalue weighted by Gasteiger charge is -2.25. The van der Waals surface area contributed by atoms with Crippen molar-refractivity contribution in [2.24, 2.45) is 0 Å².